The van der Waals surface area contributed by atoms with Crippen LogP contribution in [0.5, 0.6) is 0 Å². The zero-order chi connectivity index (χ0) is 12.8. The first-order valence-electron chi connectivity index (χ1n) is 6.71. The van der Waals surface area contributed by atoms with Crippen molar-refractivity contribution < 1.29 is 9.90 Å². The third kappa shape index (κ3) is 5.04. The highest BCUT2D eigenvalue weighted by atomic mass is 16.3. The van der Waals surface area contributed by atoms with Crippen molar-refractivity contribution in [2.45, 2.75) is 58.1 Å². The fourth-order valence-electron chi connectivity index (χ4n) is 2.42. The van der Waals surface area contributed by atoms with E-state index in [9.17, 15) is 9.90 Å². The Morgan fingerprint density at radius 2 is 1.94 bits per heavy atom. The Morgan fingerprint density at radius 1 is 1.35 bits per heavy atom. The minimum Gasteiger partial charge on any atom is -0.393 e. The molecule has 1 unspecified atom stereocenters. The van der Waals surface area contributed by atoms with Crippen molar-refractivity contribution in [3.8, 4) is 0 Å². The summed E-state index contributed by atoms with van der Waals surface area (Å²) in [6.07, 6.45) is 4.02. The van der Waals surface area contributed by atoms with Crippen LogP contribution in [0.15, 0.2) is 0 Å². The number of carbonyl (C=O) groups excluding carboxylic acids is 1. The minimum atomic E-state index is -0.177. The van der Waals surface area contributed by atoms with E-state index in [0.29, 0.717) is 12.5 Å². The van der Waals surface area contributed by atoms with Crippen LogP contribution in [0, 0.1) is 11.8 Å². The van der Waals surface area contributed by atoms with E-state index in [4.69, 9.17) is 5.73 Å². The van der Waals surface area contributed by atoms with Gasteiger partial charge < -0.3 is 16.2 Å². The molecule has 1 fully saturated rings. The van der Waals surface area contributed by atoms with Gasteiger partial charge >= 0.3 is 0 Å². The molecule has 0 heterocycles. The predicted molar refractivity (Wildman–Crippen MR) is 68.4 cm³/mol. The van der Waals surface area contributed by atoms with E-state index in [1.807, 2.05) is 0 Å². The van der Waals surface area contributed by atoms with E-state index in [-0.39, 0.29) is 24.0 Å². The second-order valence-electron chi connectivity index (χ2n) is 5.58. The molecule has 17 heavy (non-hydrogen) atoms. The van der Waals surface area contributed by atoms with Gasteiger partial charge in [-0.05, 0) is 38.0 Å². The zero-order valence-electron chi connectivity index (χ0n) is 11.0. The van der Waals surface area contributed by atoms with E-state index >= 15 is 0 Å². The van der Waals surface area contributed by atoms with Gasteiger partial charge in [-0.3, -0.25) is 4.79 Å². The summed E-state index contributed by atoms with van der Waals surface area (Å²) in [6.45, 7) is 4.62. The van der Waals surface area contributed by atoms with Gasteiger partial charge in [0.25, 0.3) is 0 Å². The molecule has 4 N–H and O–H groups in total. The topological polar surface area (TPSA) is 75.4 Å². The standard InChI is InChI=1S/C13H26N2O2/c1-9(2)7-10(8-14)13(17)15-11-3-5-12(16)6-4-11/h9-12,16H,3-8,14H2,1-2H3,(H,15,17). The molecule has 4 nitrogen and oxygen atoms in total. The molecule has 0 aromatic heterocycles. The molecule has 0 aliphatic heterocycles. The third-order valence-electron chi connectivity index (χ3n) is 3.45. The van der Waals surface area contributed by atoms with Gasteiger partial charge in [0.15, 0.2) is 0 Å². The highest BCUT2D eigenvalue weighted by molar-refractivity contribution is 5.79. The van der Waals surface area contributed by atoms with Crippen LogP contribution in [-0.2, 0) is 4.79 Å². The van der Waals surface area contributed by atoms with Gasteiger partial charge in [-0.2, -0.15) is 0 Å². The molecule has 1 aliphatic carbocycles. The third-order valence-corrected chi connectivity index (χ3v) is 3.45. The average Bonchev–Trinajstić information content (AvgIpc) is 2.28. The van der Waals surface area contributed by atoms with E-state index in [2.05, 4.69) is 19.2 Å². The molecule has 1 aliphatic rings. The van der Waals surface area contributed by atoms with Crippen LogP contribution in [0.4, 0.5) is 0 Å². The summed E-state index contributed by atoms with van der Waals surface area (Å²) in [4.78, 5) is 12.0. The maximum absolute atomic E-state index is 12.0. The van der Waals surface area contributed by atoms with Gasteiger partial charge in [-0.15, -0.1) is 0 Å². The Morgan fingerprint density at radius 3 is 2.41 bits per heavy atom. The van der Waals surface area contributed by atoms with Crippen LogP contribution >= 0.6 is 0 Å². The molecule has 1 atom stereocenters. The first-order valence-corrected chi connectivity index (χ1v) is 6.71. The first kappa shape index (κ1) is 14.5. The predicted octanol–water partition coefficient (Wildman–Crippen LogP) is 1.03. The van der Waals surface area contributed by atoms with E-state index in [1.54, 1.807) is 0 Å². The van der Waals surface area contributed by atoms with Crippen LogP contribution < -0.4 is 11.1 Å². The van der Waals surface area contributed by atoms with Crippen LogP contribution in [0.25, 0.3) is 0 Å². The zero-order valence-corrected chi connectivity index (χ0v) is 11.0. The van der Waals surface area contributed by atoms with Gasteiger partial charge in [0.2, 0.25) is 5.91 Å². The van der Waals surface area contributed by atoms with Gasteiger partial charge in [0, 0.05) is 12.6 Å². The summed E-state index contributed by atoms with van der Waals surface area (Å²) in [5.74, 6) is 0.506. The average molecular weight is 242 g/mol. The summed E-state index contributed by atoms with van der Waals surface area (Å²) >= 11 is 0. The Hall–Kier alpha value is -0.610. The number of nitrogens with two attached hydrogens (primary N) is 1. The molecular formula is C13H26N2O2. The lowest BCUT2D eigenvalue weighted by Crippen LogP contribution is -2.43. The number of amides is 1. The summed E-state index contributed by atoms with van der Waals surface area (Å²) in [5.41, 5.74) is 5.65. The number of carbonyl (C=O) groups is 1. The fourth-order valence-corrected chi connectivity index (χ4v) is 2.42. The van der Waals surface area contributed by atoms with Crippen LogP contribution in [0.1, 0.15) is 46.0 Å². The minimum absolute atomic E-state index is 0.0677. The van der Waals surface area contributed by atoms with Gasteiger partial charge in [0.1, 0.15) is 0 Å². The number of hydrogen-bond acceptors (Lipinski definition) is 3. The highest BCUT2D eigenvalue weighted by Crippen LogP contribution is 2.19. The largest absolute Gasteiger partial charge is 0.393 e. The molecular weight excluding hydrogens is 216 g/mol. The summed E-state index contributed by atoms with van der Waals surface area (Å²) in [6, 6.07) is 0.229. The summed E-state index contributed by atoms with van der Waals surface area (Å²) in [5, 5.41) is 12.5. The normalized spacial score (nSPS) is 26.9. The maximum atomic E-state index is 12.0. The lowest BCUT2D eigenvalue weighted by atomic mass is 9.91. The SMILES string of the molecule is CC(C)CC(CN)C(=O)NC1CCC(O)CC1. The van der Waals surface area contributed by atoms with Crippen molar-refractivity contribution in [3.05, 3.63) is 0 Å². The number of hydrogen-bond donors (Lipinski definition) is 3. The smallest absolute Gasteiger partial charge is 0.224 e. The monoisotopic (exact) mass is 242 g/mol. The maximum Gasteiger partial charge on any atom is 0.224 e. The van der Waals surface area contributed by atoms with Crippen molar-refractivity contribution in [1.82, 2.24) is 5.32 Å². The van der Waals surface area contributed by atoms with Crippen molar-refractivity contribution >= 4 is 5.91 Å². The van der Waals surface area contributed by atoms with Crippen LogP contribution in [-0.4, -0.2) is 29.7 Å². The number of nitrogens with one attached hydrogen (secondary N) is 1. The second kappa shape index (κ2) is 6.97. The Kier molecular flexibility index (Phi) is 5.92. The lowest BCUT2D eigenvalue weighted by molar-refractivity contribution is -0.126. The van der Waals surface area contributed by atoms with Crippen molar-refractivity contribution in [3.63, 3.8) is 0 Å². The molecule has 1 saturated carbocycles. The second-order valence-corrected chi connectivity index (χ2v) is 5.58. The Balaban J connectivity index is 2.36. The van der Waals surface area contributed by atoms with Gasteiger partial charge in [0.05, 0.1) is 12.0 Å². The molecule has 100 valence electrons. The molecule has 0 saturated heterocycles. The van der Waals surface area contributed by atoms with E-state index in [0.717, 1.165) is 32.1 Å². The van der Waals surface area contributed by atoms with E-state index in [1.165, 1.54) is 0 Å². The lowest BCUT2D eigenvalue weighted by Gasteiger charge is -2.28. The van der Waals surface area contributed by atoms with Gasteiger partial charge in [-0.1, -0.05) is 13.8 Å². The number of aliphatic hydroxyl groups is 1. The number of rotatable bonds is 5. The van der Waals surface area contributed by atoms with Crippen molar-refractivity contribution in [2.24, 2.45) is 17.6 Å². The molecule has 4 heteroatoms. The van der Waals surface area contributed by atoms with Gasteiger partial charge in [-0.25, -0.2) is 0 Å². The van der Waals surface area contributed by atoms with Crippen LogP contribution in [0.2, 0.25) is 0 Å². The molecule has 0 aromatic rings. The molecule has 0 bridgehead atoms. The number of aliphatic hydroxyl groups excluding tert-OH is 1. The molecule has 1 rings (SSSR count). The first-order chi connectivity index (χ1) is 8.02. The molecule has 1 amide bonds. The van der Waals surface area contributed by atoms with E-state index < -0.39 is 0 Å². The molecule has 0 aromatic carbocycles. The Labute approximate surface area is 104 Å². The summed E-state index contributed by atoms with van der Waals surface area (Å²) in [7, 11) is 0. The fraction of sp³-hybridized carbons (Fsp3) is 0.923. The molecule has 0 spiro atoms. The van der Waals surface area contributed by atoms with Crippen LogP contribution in [0.3, 0.4) is 0 Å². The quantitative estimate of drug-likeness (QED) is 0.674. The Bertz CT molecular complexity index is 236. The summed E-state index contributed by atoms with van der Waals surface area (Å²) < 4.78 is 0. The molecule has 0 radical (unpaired) electrons. The highest BCUT2D eigenvalue weighted by Gasteiger charge is 2.24. The van der Waals surface area contributed by atoms with Crippen molar-refractivity contribution in [2.75, 3.05) is 6.54 Å². The van der Waals surface area contributed by atoms with Crippen molar-refractivity contribution in [1.29, 1.82) is 0 Å².